The molecule has 2 N–H and O–H groups in total. The number of hydrogen-bond acceptors (Lipinski definition) is 4. The molecule has 7 heteroatoms. The number of anilines is 1. The molecule has 1 fully saturated rings. The van der Waals surface area contributed by atoms with Crippen LogP contribution in [0.3, 0.4) is 0 Å². The third-order valence-corrected chi connectivity index (χ3v) is 6.17. The first kappa shape index (κ1) is 20.4. The van der Waals surface area contributed by atoms with Crippen LogP contribution in [0.1, 0.15) is 41.6 Å². The summed E-state index contributed by atoms with van der Waals surface area (Å²) < 4.78 is 25.7. The van der Waals surface area contributed by atoms with E-state index in [-0.39, 0.29) is 18.5 Å². The lowest BCUT2D eigenvalue weighted by Crippen LogP contribution is -2.45. The highest BCUT2D eigenvalue weighted by Gasteiger charge is 2.25. The van der Waals surface area contributed by atoms with Gasteiger partial charge in [-0.1, -0.05) is 43.2 Å². The highest BCUT2D eigenvalue weighted by Crippen LogP contribution is 2.21. The van der Waals surface area contributed by atoms with Crippen LogP contribution in [-0.4, -0.2) is 37.8 Å². The Morgan fingerprint density at radius 3 is 2.32 bits per heavy atom. The van der Waals surface area contributed by atoms with Crippen molar-refractivity contribution in [2.75, 3.05) is 10.6 Å². The van der Waals surface area contributed by atoms with Crippen LogP contribution in [0.25, 0.3) is 0 Å². The number of nitrogens with one attached hydrogen (secondary N) is 1. The van der Waals surface area contributed by atoms with Crippen molar-refractivity contribution in [3.8, 4) is 0 Å². The fraction of sp³-hybridized carbons (Fsp3) is 0.381. The van der Waals surface area contributed by atoms with Crippen molar-refractivity contribution in [2.24, 2.45) is 0 Å². The minimum Gasteiger partial charge on any atom is -0.391 e. The van der Waals surface area contributed by atoms with Crippen molar-refractivity contribution in [2.45, 2.75) is 44.4 Å². The molecule has 0 saturated heterocycles. The summed E-state index contributed by atoms with van der Waals surface area (Å²) in [5, 5.41) is 12.9. The van der Waals surface area contributed by atoms with E-state index in [0.717, 1.165) is 24.8 Å². The van der Waals surface area contributed by atoms with E-state index in [1.54, 1.807) is 48.5 Å². The highest BCUT2D eigenvalue weighted by atomic mass is 32.2. The molecular weight excluding hydrogens is 376 g/mol. The Balaban J connectivity index is 1.70. The molecule has 1 amide bonds. The van der Waals surface area contributed by atoms with Gasteiger partial charge in [-0.15, -0.1) is 0 Å². The van der Waals surface area contributed by atoms with Gasteiger partial charge in [0.2, 0.25) is 10.0 Å². The van der Waals surface area contributed by atoms with Crippen molar-refractivity contribution in [1.29, 1.82) is 0 Å². The molecule has 0 aromatic heterocycles. The van der Waals surface area contributed by atoms with Gasteiger partial charge in [0, 0.05) is 5.56 Å². The molecule has 0 bridgehead atoms. The summed E-state index contributed by atoms with van der Waals surface area (Å²) >= 11 is 0. The summed E-state index contributed by atoms with van der Waals surface area (Å²) in [5.74, 6) is -0.222. The average molecular weight is 403 g/mol. The minimum atomic E-state index is -3.44. The summed E-state index contributed by atoms with van der Waals surface area (Å²) in [7, 11) is -3.44. The van der Waals surface area contributed by atoms with Crippen molar-refractivity contribution in [3.05, 3.63) is 65.7 Å². The maximum Gasteiger partial charge on any atom is 0.251 e. The lowest BCUT2D eigenvalue weighted by atomic mass is 9.92. The lowest BCUT2D eigenvalue weighted by Gasteiger charge is -2.28. The number of amides is 1. The van der Waals surface area contributed by atoms with Gasteiger partial charge >= 0.3 is 0 Å². The van der Waals surface area contributed by atoms with Crippen LogP contribution in [0.4, 0.5) is 5.69 Å². The maximum absolute atomic E-state index is 12.4. The molecule has 2 aromatic rings. The van der Waals surface area contributed by atoms with E-state index in [9.17, 15) is 18.3 Å². The van der Waals surface area contributed by atoms with Crippen LogP contribution in [-0.2, 0) is 16.6 Å². The van der Waals surface area contributed by atoms with Gasteiger partial charge in [0.15, 0.2) is 0 Å². The molecule has 1 aliphatic carbocycles. The number of carbonyl (C=O) groups excluding carboxylic acids is 1. The quantitative estimate of drug-likeness (QED) is 0.778. The molecule has 6 nitrogen and oxygen atoms in total. The van der Waals surface area contributed by atoms with Crippen molar-refractivity contribution in [1.82, 2.24) is 5.32 Å². The maximum atomic E-state index is 12.4. The second-order valence-corrected chi connectivity index (χ2v) is 9.14. The van der Waals surface area contributed by atoms with E-state index in [1.165, 1.54) is 10.6 Å². The SMILES string of the molecule is CS(=O)(=O)N(Cc1ccc(C(=O)N[C@@H]2CCCC[C@H]2O)cc1)c1ccccc1. The van der Waals surface area contributed by atoms with Gasteiger partial charge in [-0.2, -0.15) is 0 Å². The number of hydrogen-bond donors (Lipinski definition) is 2. The largest absolute Gasteiger partial charge is 0.391 e. The van der Waals surface area contributed by atoms with Gasteiger partial charge in [0.05, 0.1) is 30.6 Å². The first-order chi connectivity index (χ1) is 13.3. The molecule has 28 heavy (non-hydrogen) atoms. The molecule has 0 heterocycles. The fourth-order valence-corrected chi connectivity index (χ4v) is 4.34. The number of sulfonamides is 1. The zero-order chi connectivity index (χ0) is 20.1. The predicted molar refractivity (Wildman–Crippen MR) is 110 cm³/mol. The normalized spacial score (nSPS) is 19.8. The van der Waals surface area contributed by atoms with E-state index in [2.05, 4.69) is 5.32 Å². The monoisotopic (exact) mass is 402 g/mol. The Hall–Kier alpha value is -2.38. The number of nitrogens with zero attached hydrogens (tertiary/aromatic N) is 1. The number of benzene rings is 2. The first-order valence-electron chi connectivity index (χ1n) is 9.45. The molecule has 3 rings (SSSR count). The summed E-state index contributed by atoms with van der Waals surface area (Å²) in [6, 6.07) is 15.6. The van der Waals surface area contributed by atoms with Gasteiger partial charge in [-0.05, 0) is 42.7 Å². The average Bonchev–Trinajstić information content (AvgIpc) is 2.68. The third kappa shape index (κ3) is 5.11. The number of rotatable bonds is 6. The number of para-hydroxylation sites is 1. The van der Waals surface area contributed by atoms with E-state index < -0.39 is 16.1 Å². The smallest absolute Gasteiger partial charge is 0.251 e. The predicted octanol–water partition coefficient (Wildman–Crippen LogP) is 2.69. The summed E-state index contributed by atoms with van der Waals surface area (Å²) in [6.45, 7) is 0.187. The summed E-state index contributed by atoms with van der Waals surface area (Å²) in [6.07, 6.45) is 4.17. The van der Waals surface area contributed by atoms with E-state index in [0.29, 0.717) is 17.7 Å². The molecule has 1 aliphatic rings. The number of aliphatic hydroxyl groups excluding tert-OH is 1. The molecule has 1 saturated carbocycles. The van der Waals surface area contributed by atoms with Gasteiger partial charge in [0.1, 0.15) is 0 Å². The Bertz CT molecular complexity index is 898. The fourth-order valence-electron chi connectivity index (χ4n) is 3.45. The zero-order valence-corrected chi connectivity index (χ0v) is 16.7. The number of aliphatic hydroxyl groups is 1. The Kier molecular flexibility index (Phi) is 6.36. The molecule has 0 radical (unpaired) electrons. The molecule has 0 spiro atoms. The van der Waals surface area contributed by atoms with Gasteiger partial charge < -0.3 is 10.4 Å². The van der Waals surface area contributed by atoms with Gasteiger partial charge in [0.25, 0.3) is 5.91 Å². The Morgan fingerprint density at radius 2 is 1.71 bits per heavy atom. The van der Waals surface area contributed by atoms with Crippen LogP contribution in [0.5, 0.6) is 0 Å². The van der Waals surface area contributed by atoms with Crippen molar-refractivity contribution in [3.63, 3.8) is 0 Å². The molecule has 0 aliphatic heterocycles. The van der Waals surface area contributed by atoms with Crippen LogP contribution >= 0.6 is 0 Å². The zero-order valence-electron chi connectivity index (χ0n) is 15.9. The minimum absolute atomic E-state index is 0.187. The molecule has 2 aromatic carbocycles. The summed E-state index contributed by atoms with van der Waals surface area (Å²) in [4.78, 5) is 12.4. The molecule has 2 atom stereocenters. The Labute approximate surface area is 166 Å². The summed E-state index contributed by atoms with van der Waals surface area (Å²) in [5.41, 5.74) is 1.87. The first-order valence-corrected chi connectivity index (χ1v) is 11.3. The highest BCUT2D eigenvalue weighted by molar-refractivity contribution is 7.92. The van der Waals surface area contributed by atoms with Crippen LogP contribution in [0.15, 0.2) is 54.6 Å². The van der Waals surface area contributed by atoms with Crippen LogP contribution in [0.2, 0.25) is 0 Å². The topological polar surface area (TPSA) is 86.7 Å². The van der Waals surface area contributed by atoms with E-state index in [4.69, 9.17) is 0 Å². The van der Waals surface area contributed by atoms with Gasteiger partial charge in [-0.3, -0.25) is 9.10 Å². The van der Waals surface area contributed by atoms with Crippen LogP contribution in [0, 0.1) is 0 Å². The third-order valence-electron chi connectivity index (χ3n) is 5.03. The van der Waals surface area contributed by atoms with Crippen molar-refractivity contribution < 1.29 is 18.3 Å². The second kappa shape index (κ2) is 8.75. The molecule has 150 valence electrons. The van der Waals surface area contributed by atoms with Gasteiger partial charge in [-0.25, -0.2) is 8.42 Å². The Morgan fingerprint density at radius 1 is 1.07 bits per heavy atom. The van der Waals surface area contributed by atoms with E-state index in [1.807, 2.05) is 6.07 Å². The molecular formula is C21H26N2O4S. The second-order valence-electron chi connectivity index (χ2n) is 7.23. The number of carbonyl (C=O) groups is 1. The standard InChI is InChI=1S/C21H26N2O4S/c1-28(26,27)23(18-7-3-2-4-8-18)15-16-11-13-17(14-12-16)21(25)22-19-9-5-6-10-20(19)24/h2-4,7-8,11-14,19-20,24H,5-6,9-10,15H2,1H3,(H,22,25)/t19-,20-/m1/s1. The molecule has 0 unspecified atom stereocenters. The van der Waals surface area contributed by atoms with Crippen LogP contribution < -0.4 is 9.62 Å². The van der Waals surface area contributed by atoms with E-state index >= 15 is 0 Å². The van der Waals surface area contributed by atoms with Crippen molar-refractivity contribution >= 4 is 21.6 Å². The lowest BCUT2D eigenvalue weighted by molar-refractivity contribution is 0.0717.